The van der Waals surface area contributed by atoms with Gasteiger partial charge in [0.2, 0.25) is 0 Å². The van der Waals surface area contributed by atoms with Gasteiger partial charge in [-0.3, -0.25) is 19.8 Å². The number of carbonyl (C=O) groups excluding carboxylic acids is 2. The lowest BCUT2D eigenvalue weighted by atomic mass is 10.0. The Balaban J connectivity index is 1.63. The van der Waals surface area contributed by atoms with Crippen LogP contribution in [0.5, 0.6) is 5.75 Å². The number of amides is 2. The summed E-state index contributed by atoms with van der Waals surface area (Å²) in [6.07, 6.45) is 1.34. The summed E-state index contributed by atoms with van der Waals surface area (Å²) in [6, 6.07) is 22.5. The van der Waals surface area contributed by atoms with Crippen molar-refractivity contribution in [3.05, 3.63) is 101 Å². The standard InChI is InChI=1S/C25H18N2O5S/c28-22-20(23(29)27(25(33)26-22)18-9-5-2-6-10-18)14-17-11-12-21(19(13-17)24(30)31)32-15-16-7-3-1-4-8-16/h1-14H,15H2,(H,30,31)(H,26,28,33). The molecule has 1 saturated heterocycles. The van der Waals surface area contributed by atoms with Crippen LogP contribution in [0, 0.1) is 0 Å². The third-order valence-corrected chi connectivity index (χ3v) is 5.18. The fraction of sp³-hybridized carbons (Fsp3) is 0.0400. The summed E-state index contributed by atoms with van der Waals surface area (Å²) in [7, 11) is 0. The van der Waals surface area contributed by atoms with Crippen molar-refractivity contribution in [1.29, 1.82) is 0 Å². The molecule has 3 aromatic rings. The van der Waals surface area contributed by atoms with Crippen molar-refractivity contribution in [2.75, 3.05) is 4.90 Å². The minimum absolute atomic E-state index is 0.0239. The number of thiocarbonyl (C=S) groups is 1. The highest BCUT2D eigenvalue weighted by Crippen LogP contribution is 2.25. The lowest BCUT2D eigenvalue weighted by Crippen LogP contribution is -2.54. The van der Waals surface area contributed by atoms with Crippen molar-refractivity contribution in [3.63, 3.8) is 0 Å². The van der Waals surface area contributed by atoms with Crippen molar-refractivity contribution < 1.29 is 24.2 Å². The summed E-state index contributed by atoms with van der Waals surface area (Å²) in [6.45, 7) is 0.200. The first-order valence-electron chi connectivity index (χ1n) is 9.94. The second kappa shape index (κ2) is 9.46. The molecular formula is C25H18N2O5S. The van der Waals surface area contributed by atoms with E-state index in [0.29, 0.717) is 11.3 Å². The van der Waals surface area contributed by atoms with Crippen LogP contribution in [0.25, 0.3) is 6.08 Å². The molecule has 2 amide bonds. The Morgan fingerprint density at radius 3 is 2.33 bits per heavy atom. The van der Waals surface area contributed by atoms with Crippen molar-refractivity contribution in [3.8, 4) is 5.75 Å². The summed E-state index contributed by atoms with van der Waals surface area (Å²) in [5.74, 6) is -2.26. The van der Waals surface area contributed by atoms with Crippen LogP contribution in [-0.4, -0.2) is 28.0 Å². The predicted octanol–water partition coefficient (Wildman–Crippen LogP) is 3.80. The molecule has 33 heavy (non-hydrogen) atoms. The Labute approximate surface area is 194 Å². The monoisotopic (exact) mass is 458 g/mol. The molecule has 0 radical (unpaired) electrons. The summed E-state index contributed by atoms with van der Waals surface area (Å²) < 4.78 is 5.69. The van der Waals surface area contributed by atoms with Crippen molar-refractivity contribution in [1.82, 2.24) is 5.32 Å². The van der Waals surface area contributed by atoms with Crippen molar-refractivity contribution in [2.45, 2.75) is 6.61 Å². The molecule has 164 valence electrons. The Bertz CT molecular complexity index is 1270. The number of anilines is 1. The molecule has 1 fully saturated rings. The minimum atomic E-state index is -1.19. The minimum Gasteiger partial charge on any atom is -0.488 e. The number of rotatable bonds is 6. The van der Waals surface area contributed by atoms with Crippen LogP contribution in [0.1, 0.15) is 21.5 Å². The number of carboxylic acid groups (broad SMARTS) is 1. The Kier molecular flexibility index (Phi) is 6.28. The molecule has 1 aliphatic heterocycles. The maximum absolute atomic E-state index is 13.1. The van der Waals surface area contributed by atoms with Gasteiger partial charge in [-0.25, -0.2) is 4.79 Å². The Morgan fingerprint density at radius 1 is 1.00 bits per heavy atom. The van der Waals surface area contributed by atoms with Crippen molar-refractivity contribution in [2.24, 2.45) is 0 Å². The number of hydrogen-bond acceptors (Lipinski definition) is 5. The van der Waals surface area contributed by atoms with Gasteiger partial charge in [0, 0.05) is 0 Å². The zero-order valence-electron chi connectivity index (χ0n) is 17.2. The lowest BCUT2D eigenvalue weighted by molar-refractivity contribution is -0.122. The van der Waals surface area contributed by atoms with Crippen LogP contribution in [0.3, 0.4) is 0 Å². The van der Waals surface area contributed by atoms with E-state index in [0.717, 1.165) is 5.56 Å². The van der Waals surface area contributed by atoms with Gasteiger partial charge in [-0.15, -0.1) is 0 Å². The highest BCUT2D eigenvalue weighted by atomic mass is 32.1. The molecule has 0 atom stereocenters. The Morgan fingerprint density at radius 2 is 1.67 bits per heavy atom. The largest absolute Gasteiger partial charge is 0.488 e. The molecule has 0 aromatic heterocycles. The average Bonchev–Trinajstić information content (AvgIpc) is 2.82. The zero-order chi connectivity index (χ0) is 23.4. The van der Waals surface area contributed by atoms with Crippen molar-refractivity contribution >= 4 is 46.9 Å². The summed E-state index contributed by atoms with van der Waals surface area (Å²) in [5.41, 5.74) is 1.51. The van der Waals surface area contributed by atoms with E-state index >= 15 is 0 Å². The number of ether oxygens (including phenoxy) is 1. The summed E-state index contributed by atoms with van der Waals surface area (Å²) >= 11 is 5.17. The van der Waals surface area contributed by atoms with Gasteiger partial charge in [-0.2, -0.15) is 0 Å². The van der Waals surface area contributed by atoms with Gasteiger partial charge in [0.05, 0.1) is 5.69 Å². The maximum atomic E-state index is 13.1. The lowest BCUT2D eigenvalue weighted by Gasteiger charge is -2.28. The molecule has 0 aliphatic carbocycles. The van der Waals surface area contributed by atoms with Crippen LogP contribution in [-0.2, 0) is 16.2 Å². The Hall–Kier alpha value is -4.30. The molecule has 8 heteroatoms. The molecule has 0 spiro atoms. The quantitative estimate of drug-likeness (QED) is 0.332. The number of para-hydroxylation sites is 1. The zero-order valence-corrected chi connectivity index (χ0v) is 18.0. The number of nitrogens with one attached hydrogen (secondary N) is 1. The third-order valence-electron chi connectivity index (χ3n) is 4.90. The van der Waals surface area contributed by atoms with E-state index in [2.05, 4.69) is 5.32 Å². The SMILES string of the molecule is O=C1NC(=S)N(c2ccccc2)C(=O)C1=Cc1ccc(OCc2ccccc2)c(C(=O)O)c1. The maximum Gasteiger partial charge on any atom is 0.339 e. The molecule has 0 bridgehead atoms. The van der Waals surface area contributed by atoms with Crippen LogP contribution in [0.4, 0.5) is 5.69 Å². The van der Waals surface area contributed by atoms with Gasteiger partial charge in [0.1, 0.15) is 23.5 Å². The first-order valence-corrected chi connectivity index (χ1v) is 10.4. The summed E-state index contributed by atoms with van der Waals surface area (Å²) in [5, 5.41) is 12.1. The first-order chi connectivity index (χ1) is 15.9. The molecule has 7 nitrogen and oxygen atoms in total. The number of hydrogen-bond donors (Lipinski definition) is 2. The van der Waals surface area contributed by atoms with Crippen LogP contribution in [0.2, 0.25) is 0 Å². The average molecular weight is 458 g/mol. The highest BCUT2D eigenvalue weighted by molar-refractivity contribution is 7.80. The van der Waals surface area contributed by atoms with E-state index in [1.54, 1.807) is 36.4 Å². The molecular weight excluding hydrogens is 440 g/mol. The predicted molar refractivity (Wildman–Crippen MR) is 127 cm³/mol. The van der Waals surface area contributed by atoms with E-state index in [1.807, 2.05) is 30.3 Å². The first kappa shape index (κ1) is 21.9. The van der Waals surface area contributed by atoms with Crippen LogP contribution >= 0.6 is 12.2 Å². The van der Waals surface area contributed by atoms with Gasteiger partial charge >= 0.3 is 5.97 Å². The fourth-order valence-electron chi connectivity index (χ4n) is 3.30. The molecule has 1 aliphatic rings. The normalized spacial score (nSPS) is 14.8. The molecule has 2 N–H and O–H groups in total. The third kappa shape index (κ3) is 4.81. The van der Waals surface area contributed by atoms with Gasteiger partial charge < -0.3 is 9.84 Å². The van der Waals surface area contributed by atoms with Crippen LogP contribution in [0.15, 0.2) is 84.4 Å². The molecule has 0 saturated carbocycles. The fourth-order valence-corrected chi connectivity index (χ4v) is 3.58. The van der Waals surface area contributed by atoms with Crippen LogP contribution < -0.4 is 15.0 Å². The van der Waals surface area contributed by atoms with E-state index in [4.69, 9.17) is 17.0 Å². The number of nitrogens with zero attached hydrogens (tertiary/aromatic N) is 1. The highest BCUT2D eigenvalue weighted by Gasteiger charge is 2.34. The molecule has 4 rings (SSSR count). The molecule has 1 heterocycles. The van der Waals surface area contributed by atoms with Gasteiger partial charge in [-0.1, -0.05) is 54.6 Å². The number of carboxylic acids is 1. The van der Waals surface area contributed by atoms with E-state index in [9.17, 15) is 19.5 Å². The van der Waals surface area contributed by atoms with Gasteiger partial charge in [0.15, 0.2) is 5.11 Å². The number of benzene rings is 3. The summed E-state index contributed by atoms with van der Waals surface area (Å²) in [4.78, 5) is 38.6. The number of aromatic carboxylic acids is 1. The second-order valence-electron chi connectivity index (χ2n) is 7.13. The number of carbonyl (C=O) groups is 3. The van der Waals surface area contributed by atoms with E-state index in [1.165, 1.54) is 23.1 Å². The van der Waals surface area contributed by atoms with Gasteiger partial charge in [-0.05, 0) is 53.7 Å². The van der Waals surface area contributed by atoms with E-state index < -0.39 is 17.8 Å². The topological polar surface area (TPSA) is 95.9 Å². The molecule has 3 aromatic carbocycles. The van der Waals surface area contributed by atoms with E-state index in [-0.39, 0.29) is 28.6 Å². The van der Waals surface area contributed by atoms with Gasteiger partial charge in [0.25, 0.3) is 11.8 Å². The smallest absolute Gasteiger partial charge is 0.339 e. The second-order valence-corrected chi connectivity index (χ2v) is 7.52. The molecule has 0 unspecified atom stereocenters.